The van der Waals surface area contributed by atoms with Crippen molar-refractivity contribution in [3.05, 3.63) is 34.1 Å². The minimum atomic E-state index is -1.20. The van der Waals surface area contributed by atoms with Crippen LogP contribution in [0.2, 0.25) is 0 Å². The number of amides is 1. The van der Waals surface area contributed by atoms with Crippen molar-refractivity contribution in [3.8, 4) is 0 Å². The summed E-state index contributed by atoms with van der Waals surface area (Å²) in [5, 5.41) is 12.6. The Hall–Kier alpha value is -1.18. The Kier molecular flexibility index (Phi) is 5.57. The summed E-state index contributed by atoms with van der Waals surface area (Å²) in [7, 11) is 0. The molecule has 0 radical (unpaired) electrons. The molecule has 2 unspecified atom stereocenters. The molecule has 0 aliphatic carbocycles. The van der Waals surface area contributed by atoms with E-state index in [4.69, 9.17) is 9.47 Å². The zero-order chi connectivity index (χ0) is 18.1. The summed E-state index contributed by atoms with van der Waals surface area (Å²) in [6.45, 7) is 6.81. The lowest BCUT2D eigenvalue weighted by atomic mass is 9.78. The van der Waals surface area contributed by atoms with Crippen molar-refractivity contribution < 1.29 is 23.8 Å². The highest BCUT2D eigenvalue weighted by Crippen LogP contribution is 2.41. The molecule has 1 aliphatic rings. The highest BCUT2D eigenvalue weighted by atomic mass is 79.9. The first kappa shape index (κ1) is 19.1. The lowest BCUT2D eigenvalue weighted by Gasteiger charge is -2.36. The number of ether oxygens (including phenoxy) is 2. The number of aliphatic hydroxyl groups is 1. The third kappa shape index (κ3) is 3.90. The summed E-state index contributed by atoms with van der Waals surface area (Å²) in [4.78, 5) is 12.4. The van der Waals surface area contributed by atoms with Gasteiger partial charge in [-0.2, -0.15) is 0 Å². The Balaban J connectivity index is 2.47. The summed E-state index contributed by atoms with van der Waals surface area (Å²) >= 11 is 3.33. The maximum atomic E-state index is 14.5. The van der Waals surface area contributed by atoms with E-state index in [9.17, 15) is 14.3 Å². The fraction of sp³-hybridized carbons (Fsp3) is 0.588. The first-order chi connectivity index (χ1) is 11.1. The van der Waals surface area contributed by atoms with Crippen LogP contribution in [0.1, 0.15) is 33.3 Å². The van der Waals surface area contributed by atoms with E-state index in [1.165, 1.54) is 6.07 Å². The van der Waals surface area contributed by atoms with Gasteiger partial charge >= 0.3 is 6.09 Å². The highest BCUT2D eigenvalue weighted by Gasteiger charge is 2.52. The van der Waals surface area contributed by atoms with Crippen molar-refractivity contribution >= 4 is 22.0 Å². The fourth-order valence-corrected chi connectivity index (χ4v) is 3.35. The average molecular weight is 404 g/mol. The van der Waals surface area contributed by atoms with Crippen LogP contribution in [-0.2, 0) is 15.0 Å². The lowest BCUT2D eigenvalue weighted by molar-refractivity contribution is 0.0390. The van der Waals surface area contributed by atoms with Gasteiger partial charge in [0.2, 0.25) is 0 Å². The number of aliphatic hydroxyl groups excluding tert-OH is 1. The molecule has 1 saturated heterocycles. The monoisotopic (exact) mass is 403 g/mol. The minimum absolute atomic E-state index is 0.0476. The molecular formula is C17H23BrFNO4. The van der Waals surface area contributed by atoms with Gasteiger partial charge < -0.3 is 19.9 Å². The smallest absolute Gasteiger partial charge is 0.408 e. The Morgan fingerprint density at radius 2 is 2.21 bits per heavy atom. The largest absolute Gasteiger partial charge is 0.444 e. The van der Waals surface area contributed by atoms with Gasteiger partial charge in [0.05, 0.1) is 19.3 Å². The Bertz CT molecular complexity index is 619. The predicted octanol–water partition coefficient (Wildman–Crippen LogP) is 3.34. The van der Waals surface area contributed by atoms with E-state index in [1.807, 2.05) is 0 Å². The van der Waals surface area contributed by atoms with Crippen LogP contribution in [0, 0.1) is 11.7 Å². The van der Waals surface area contributed by atoms with Crippen LogP contribution in [0.5, 0.6) is 0 Å². The van der Waals surface area contributed by atoms with E-state index >= 15 is 0 Å². The molecule has 1 fully saturated rings. The van der Waals surface area contributed by atoms with Crippen LogP contribution in [0.15, 0.2) is 22.7 Å². The second-order valence-corrected chi connectivity index (χ2v) is 7.94. The van der Waals surface area contributed by atoms with E-state index in [1.54, 1.807) is 39.8 Å². The zero-order valence-corrected chi connectivity index (χ0v) is 15.8. The third-order valence-corrected chi connectivity index (χ3v) is 4.60. The Morgan fingerprint density at radius 3 is 2.79 bits per heavy atom. The van der Waals surface area contributed by atoms with Crippen LogP contribution in [0.3, 0.4) is 0 Å². The van der Waals surface area contributed by atoms with Crippen LogP contribution in [-0.4, -0.2) is 36.1 Å². The Morgan fingerprint density at radius 1 is 1.54 bits per heavy atom. The van der Waals surface area contributed by atoms with Gasteiger partial charge in [-0.3, -0.25) is 0 Å². The standard InChI is InChI=1S/C17H23BrFNO4/c1-10-13(8-21)17(9-23-10,20-15(22)24-16(2,3)4)12-7-11(18)5-6-14(12)19/h5-7,10,13,21H,8-9H2,1-4H3,(H,20,22)/t10-,13?,17?/m1/s1. The molecule has 5 nitrogen and oxygen atoms in total. The number of carbonyl (C=O) groups excluding carboxylic acids is 1. The number of carbonyl (C=O) groups is 1. The fourth-order valence-electron chi connectivity index (χ4n) is 2.99. The molecule has 1 aromatic rings. The van der Waals surface area contributed by atoms with Crippen molar-refractivity contribution in [1.82, 2.24) is 5.32 Å². The first-order valence-electron chi connectivity index (χ1n) is 7.78. The van der Waals surface area contributed by atoms with Gasteiger partial charge in [0.15, 0.2) is 0 Å². The van der Waals surface area contributed by atoms with Crippen molar-refractivity contribution in [2.24, 2.45) is 5.92 Å². The first-order valence-corrected chi connectivity index (χ1v) is 8.57. The molecule has 1 amide bonds. The molecule has 0 spiro atoms. The van der Waals surface area contributed by atoms with E-state index < -0.39 is 29.0 Å². The summed E-state index contributed by atoms with van der Waals surface area (Å²) in [5.74, 6) is -0.987. The van der Waals surface area contributed by atoms with Gasteiger partial charge in [-0.1, -0.05) is 15.9 Å². The van der Waals surface area contributed by atoms with Crippen LogP contribution in [0.4, 0.5) is 9.18 Å². The summed E-state index contributed by atoms with van der Waals surface area (Å²) < 4.78 is 26.2. The number of alkyl carbamates (subject to hydrolysis) is 1. The van der Waals surface area contributed by atoms with E-state index in [2.05, 4.69) is 21.2 Å². The molecule has 1 aromatic carbocycles. The maximum Gasteiger partial charge on any atom is 0.408 e. The third-order valence-electron chi connectivity index (χ3n) is 4.10. The summed E-state index contributed by atoms with van der Waals surface area (Å²) in [5.41, 5.74) is -1.64. The zero-order valence-electron chi connectivity index (χ0n) is 14.2. The quantitative estimate of drug-likeness (QED) is 0.811. The molecule has 0 saturated carbocycles. The van der Waals surface area contributed by atoms with Crippen LogP contribution < -0.4 is 5.32 Å². The topological polar surface area (TPSA) is 67.8 Å². The molecule has 0 aromatic heterocycles. The van der Waals surface area contributed by atoms with Crippen molar-refractivity contribution in [2.75, 3.05) is 13.2 Å². The normalized spacial score (nSPS) is 27.1. The molecule has 3 atom stereocenters. The van der Waals surface area contributed by atoms with Gasteiger partial charge in [0, 0.05) is 16.0 Å². The molecule has 1 aliphatic heterocycles. The molecule has 1 heterocycles. The van der Waals surface area contributed by atoms with Crippen LogP contribution >= 0.6 is 15.9 Å². The lowest BCUT2D eigenvalue weighted by Crippen LogP contribution is -2.54. The summed E-state index contributed by atoms with van der Waals surface area (Å²) in [6.07, 6.45) is -1.03. The summed E-state index contributed by atoms with van der Waals surface area (Å²) in [6, 6.07) is 4.49. The van der Waals surface area contributed by atoms with E-state index in [-0.39, 0.29) is 24.9 Å². The van der Waals surface area contributed by atoms with Gasteiger partial charge in [-0.05, 0) is 45.9 Å². The van der Waals surface area contributed by atoms with Gasteiger partial charge in [-0.15, -0.1) is 0 Å². The SMILES string of the molecule is C[C@H]1OCC(NC(=O)OC(C)(C)C)(c2cc(Br)ccc2F)C1CO. The molecule has 7 heteroatoms. The van der Waals surface area contributed by atoms with Gasteiger partial charge in [0.1, 0.15) is 17.0 Å². The number of rotatable bonds is 3. The second-order valence-electron chi connectivity index (χ2n) is 7.03. The molecule has 2 rings (SSSR count). The number of halogens is 2. The van der Waals surface area contributed by atoms with E-state index in [0.29, 0.717) is 4.47 Å². The number of hydrogen-bond donors (Lipinski definition) is 2. The van der Waals surface area contributed by atoms with E-state index in [0.717, 1.165) is 0 Å². The minimum Gasteiger partial charge on any atom is -0.444 e. The molecule has 134 valence electrons. The molecular weight excluding hydrogens is 381 g/mol. The number of benzene rings is 1. The molecule has 24 heavy (non-hydrogen) atoms. The number of nitrogens with one attached hydrogen (secondary N) is 1. The van der Waals surface area contributed by atoms with Crippen molar-refractivity contribution in [1.29, 1.82) is 0 Å². The van der Waals surface area contributed by atoms with Gasteiger partial charge in [0.25, 0.3) is 0 Å². The molecule has 2 N–H and O–H groups in total. The van der Waals surface area contributed by atoms with Crippen LogP contribution in [0.25, 0.3) is 0 Å². The predicted molar refractivity (Wildman–Crippen MR) is 91.1 cm³/mol. The van der Waals surface area contributed by atoms with Crippen molar-refractivity contribution in [3.63, 3.8) is 0 Å². The van der Waals surface area contributed by atoms with Crippen molar-refractivity contribution in [2.45, 2.75) is 44.9 Å². The number of hydrogen-bond acceptors (Lipinski definition) is 4. The maximum absolute atomic E-state index is 14.5. The highest BCUT2D eigenvalue weighted by molar-refractivity contribution is 9.10. The van der Waals surface area contributed by atoms with Gasteiger partial charge in [-0.25, -0.2) is 9.18 Å². The molecule has 0 bridgehead atoms. The second kappa shape index (κ2) is 6.98. The average Bonchev–Trinajstić information content (AvgIpc) is 2.76. The Labute approximate surface area is 149 Å².